The summed E-state index contributed by atoms with van der Waals surface area (Å²) in [6.07, 6.45) is 4.55. The van der Waals surface area contributed by atoms with E-state index in [2.05, 4.69) is 6.92 Å². The summed E-state index contributed by atoms with van der Waals surface area (Å²) in [5, 5.41) is 42.2. The highest BCUT2D eigenvalue weighted by Crippen LogP contribution is 2.11. The Kier molecular flexibility index (Phi) is 13.9. The van der Waals surface area contributed by atoms with Crippen LogP contribution in [0.2, 0.25) is 0 Å². The lowest BCUT2D eigenvalue weighted by Crippen LogP contribution is -2.37. The number of aliphatic hydroxyl groups is 4. The molecule has 18 heavy (non-hydrogen) atoms. The number of carboxylic acid groups (broad SMARTS) is 1. The maximum Gasteiger partial charge on any atom is 0.303 e. The number of hydrogen-bond acceptors (Lipinski definition) is 5. The van der Waals surface area contributed by atoms with Gasteiger partial charge in [0.05, 0.1) is 31.8 Å². The molecule has 0 aromatic carbocycles. The zero-order valence-corrected chi connectivity index (χ0v) is 11.0. The van der Waals surface area contributed by atoms with Gasteiger partial charge in [-0.2, -0.15) is 0 Å². The van der Waals surface area contributed by atoms with Crippen LogP contribution in [0.4, 0.5) is 0 Å². The van der Waals surface area contributed by atoms with Crippen LogP contribution in [0.3, 0.4) is 0 Å². The van der Waals surface area contributed by atoms with Crippen LogP contribution in [0.25, 0.3) is 0 Å². The van der Waals surface area contributed by atoms with Gasteiger partial charge in [-0.1, -0.05) is 26.2 Å². The van der Waals surface area contributed by atoms with Crippen molar-refractivity contribution in [3.05, 3.63) is 0 Å². The zero-order chi connectivity index (χ0) is 14.4. The van der Waals surface area contributed by atoms with Crippen LogP contribution in [0.15, 0.2) is 0 Å². The molecule has 0 rings (SSSR count). The van der Waals surface area contributed by atoms with Gasteiger partial charge in [-0.05, 0) is 6.42 Å². The molecule has 0 atom stereocenters. The standard InChI is InChI=1S/C7H14O2.C5H12O4/c1-2-3-4-5-6-7(8)9;6-1-5(2-7,3-8)4-9/h2-6H2,1H3,(H,8,9);6-9H,1-4H2. The number of unbranched alkanes of at least 4 members (excludes halogenated alkanes) is 3. The topological polar surface area (TPSA) is 118 Å². The quantitative estimate of drug-likeness (QED) is 0.374. The van der Waals surface area contributed by atoms with Crippen molar-refractivity contribution < 1.29 is 30.3 Å². The van der Waals surface area contributed by atoms with Crippen molar-refractivity contribution in [2.75, 3.05) is 26.4 Å². The summed E-state index contributed by atoms with van der Waals surface area (Å²) in [5.41, 5.74) is -1.11. The van der Waals surface area contributed by atoms with Gasteiger partial charge in [-0.15, -0.1) is 0 Å². The van der Waals surface area contributed by atoms with E-state index in [1.807, 2.05) is 0 Å². The Morgan fingerprint density at radius 1 is 0.889 bits per heavy atom. The molecule has 0 fully saturated rings. The van der Waals surface area contributed by atoms with Crippen LogP contribution in [0.1, 0.15) is 39.0 Å². The fourth-order valence-electron chi connectivity index (χ4n) is 1.00. The molecule has 0 heterocycles. The Hall–Kier alpha value is -0.690. The van der Waals surface area contributed by atoms with Crippen molar-refractivity contribution in [3.63, 3.8) is 0 Å². The van der Waals surface area contributed by atoms with E-state index in [0.29, 0.717) is 6.42 Å². The lowest BCUT2D eigenvalue weighted by Gasteiger charge is -2.23. The Morgan fingerprint density at radius 2 is 1.33 bits per heavy atom. The second-order valence-corrected chi connectivity index (χ2v) is 4.34. The van der Waals surface area contributed by atoms with E-state index >= 15 is 0 Å². The third-order valence-corrected chi connectivity index (χ3v) is 2.59. The van der Waals surface area contributed by atoms with Crippen LogP contribution in [0.5, 0.6) is 0 Å². The first kappa shape index (κ1) is 19.6. The van der Waals surface area contributed by atoms with E-state index < -0.39 is 37.8 Å². The number of aliphatic carboxylic acids is 1. The predicted octanol–water partition coefficient (Wildman–Crippen LogP) is -0.0166. The largest absolute Gasteiger partial charge is 0.481 e. The first-order chi connectivity index (χ1) is 8.51. The van der Waals surface area contributed by atoms with Crippen LogP contribution in [-0.4, -0.2) is 57.9 Å². The highest BCUT2D eigenvalue weighted by Gasteiger charge is 2.26. The molecular weight excluding hydrogens is 240 g/mol. The van der Waals surface area contributed by atoms with Crippen molar-refractivity contribution in [2.24, 2.45) is 5.41 Å². The zero-order valence-electron chi connectivity index (χ0n) is 11.0. The van der Waals surface area contributed by atoms with Gasteiger partial charge < -0.3 is 25.5 Å². The van der Waals surface area contributed by atoms with Crippen molar-refractivity contribution in [2.45, 2.75) is 39.0 Å². The molecule has 0 saturated carbocycles. The highest BCUT2D eigenvalue weighted by molar-refractivity contribution is 5.66. The van der Waals surface area contributed by atoms with Gasteiger partial charge in [-0.25, -0.2) is 0 Å². The molecule has 0 aromatic rings. The van der Waals surface area contributed by atoms with Crippen molar-refractivity contribution in [1.82, 2.24) is 0 Å². The third kappa shape index (κ3) is 10.5. The normalized spacial score (nSPS) is 10.7. The van der Waals surface area contributed by atoms with Gasteiger partial charge in [0.25, 0.3) is 0 Å². The number of carboxylic acids is 1. The summed E-state index contributed by atoms with van der Waals surface area (Å²) < 4.78 is 0. The molecule has 6 nitrogen and oxygen atoms in total. The fourth-order valence-corrected chi connectivity index (χ4v) is 1.00. The Balaban J connectivity index is 0. The average molecular weight is 266 g/mol. The van der Waals surface area contributed by atoms with Gasteiger partial charge in [0.1, 0.15) is 0 Å². The monoisotopic (exact) mass is 266 g/mol. The van der Waals surface area contributed by atoms with Crippen LogP contribution >= 0.6 is 0 Å². The summed E-state index contributed by atoms with van der Waals surface area (Å²) in [7, 11) is 0. The van der Waals surface area contributed by atoms with Crippen LogP contribution in [0, 0.1) is 5.41 Å². The van der Waals surface area contributed by atoms with Crippen molar-refractivity contribution in [1.29, 1.82) is 0 Å². The molecule has 6 heteroatoms. The third-order valence-electron chi connectivity index (χ3n) is 2.59. The number of aliphatic hydroxyl groups excluding tert-OH is 4. The molecule has 110 valence electrons. The Morgan fingerprint density at radius 3 is 1.56 bits per heavy atom. The maximum absolute atomic E-state index is 9.96. The molecule has 0 saturated heterocycles. The van der Waals surface area contributed by atoms with E-state index in [4.69, 9.17) is 25.5 Å². The molecule has 5 N–H and O–H groups in total. The summed E-state index contributed by atoms with van der Waals surface area (Å²) in [5.74, 6) is -0.675. The minimum atomic E-state index is -1.11. The average Bonchev–Trinajstić information content (AvgIpc) is 2.39. The number of rotatable bonds is 9. The van der Waals surface area contributed by atoms with Gasteiger partial charge >= 0.3 is 5.97 Å². The molecule has 0 aromatic heterocycles. The predicted molar refractivity (Wildman–Crippen MR) is 67.2 cm³/mol. The first-order valence-electron chi connectivity index (χ1n) is 6.17. The minimum absolute atomic E-state index is 0.333. The molecule has 0 aliphatic rings. The molecule has 0 aliphatic carbocycles. The SMILES string of the molecule is CCCCCCC(=O)O.OCC(CO)(CO)CO. The Labute approximate surface area is 108 Å². The maximum atomic E-state index is 9.96. The smallest absolute Gasteiger partial charge is 0.303 e. The van der Waals surface area contributed by atoms with Gasteiger partial charge in [0.2, 0.25) is 0 Å². The van der Waals surface area contributed by atoms with Crippen molar-refractivity contribution >= 4 is 5.97 Å². The Bertz CT molecular complexity index is 173. The summed E-state index contributed by atoms with van der Waals surface area (Å²) in [4.78, 5) is 9.96. The van der Waals surface area contributed by atoms with Gasteiger partial charge in [0.15, 0.2) is 0 Å². The summed E-state index contributed by atoms with van der Waals surface area (Å²) in [6, 6.07) is 0. The van der Waals surface area contributed by atoms with Crippen LogP contribution in [-0.2, 0) is 4.79 Å². The second kappa shape index (κ2) is 12.8. The first-order valence-corrected chi connectivity index (χ1v) is 6.17. The molecule has 0 aliphatic heterocycles. The van der Waals surface area contributed by atoms with Crippen molar-refractivity contribution in [3.8, 4) is 0 Å². The molecule has 0 amide bonds. The highest BCUT2D eigenvalue weighted by atomic mass is 16.4. The van der Waals surface area contributed by atoms with E-state index in [9.17, 15) is 4.79 Å². The van der Waals surface area contributed by atoms with E-state index in [1.165, 1.54) is 6.42 Å². The molecule has 0 bridgehead atoms. The number of carbonyl (C=O) groups is 1. The number of hydrogen-bond donors (Lipinski definition) is 5. The lowest BCUT2D eigenvalue weighted by molar-refractivity contribution is -0.137. The summed E-state index contributed by atoms with van der Waals surface area (Å²) >= 11 is 0. The van der Waals surface area contributed by atoms with Gasteiger partial charge in [-0.3, -0.25) is 4.79 Å². The van der Waals surface area contributed by atoms with Crippen LogP contribution < -0.4 is 0 Å². The van der Waals surface area contributed by atoms with E-state index in [-0.39, 0.29) is 0 Å². The molecule has 0 unspecified atom stereocenters. The molecule has 0 radical (unpaired) electrons. The molecular formula is C12H26O6. The minimum Gasteiger partial charge on any atom is -0.481 e. The lowest BCUT2D eigenvalue weighted by atomic mass is 9.93. The van der Waals surface area contributed by atoms with E-state index in [0.717, 1.165) is 19.3 Å². The summed E-state index contributed by atoms with van der Waals surface area (Å²) in [6.45, 7) is 0.487. The molecule has 0 spiro atoms. The van der Waals surface area contributed by atoms with Gasteiger partial charge in [0, 0.05) is 6.42 Å². The van der Waals surface area contributed by atoms with E-state index in [1.54, 1.807) is 0 Å². The fraction of sp³-hybridized carbons (Fsp3) is 0.917. The second-order valence-electron chi connectivity index (χ2n) is 4.34.